The minimum absolute atomic E-state index is 0.0611. The van der Waals surface area contributed by atoms with Gasteiger partial charge in [-0.15, -0.1) is 0 Å². The molecule has 0 saturated carbocycles. The van der Waals surface area contributed by atoms with Crippen molar-refractivity contribution in [3.05, 3.63) is 47.5 Å². The predicted molar refractivity (Wildman–Crippen MR) is 98.1 cm³/mol. The first-order valence-electron chi connectivity index (χ1n) is 8.58. The Kier molecular flexibility index (Phi) is 5.21. The van der Waals surface area contributed by atoms with Crippen LogP contribution in [0.4, 0.5) is 0 Å². The van der Waals surface area contributed by atoms with Crippen LogP contribution < -0.4 is 14.2 Å². The average molecular weight is 371 g/mol. The van der Waals surface area contributed by atoms with E-state index in [0.29, 0.717) is 41.7 Å². The second-order valence-electron chi connectivity index (χ2n) is 6.50. The molecule has 7 heteroatoms. The van der Waals surface area contributed by atoms with Gasteiger partial charge < -0.3 is 24.2 Å². The molecule has 3 rings (SSSR count). The smallest absolute Gasteiger partial charge is 0.335 e. The first-order chi connectivity index (χ1) is 12.8. The third-order valence-electron chi connectivity index (χ3n) is 3.95. The van der Waals surface area contributed by atoms with Crippen molar-refractivity contribution in [1.82, 2.24) is 4.90 Å². The number of likely N-dealkylation sites (N-methyl/N-ethyl adjacent to an activating group) is 1. The minimum atomic E-state index is -1.08. The van der Waals surface area contributed by atoms with Gasteiger partial charge in [-0.1, -0.05) is 0 Å². The van der Waals surface area contributed by atoms with E-state index < -0.39 is 5.97 Å². The fourth-order valence-corrected chi connectivity index (χ4v) is 2.69. The summed E-state index contributed by atoms with van der Waals surface area (Å²) in [6, 6.07) is 9.41. The van der Waals surface area contributed by atoms with E-state index in [1.807, 2.05) is 13.8 Å². The van der Waals surface area contributed by atoms with Crippen molar-refractivity contribution in [2.75, 3.05) is 20.2 Å². The van der Waals surface area contributed by atoms with Crippen LogP contribution in [0.5, 0.6) is 23.0 Å². The van der Waals surface area contributed by atoms with Crippen molar-refractivity contribution in [3.8, 4) is 23.0 Å². The number of hydrogen-bond donors (Lipinski definition) is 1. The molecule has 1 aliphatic heterocycles. The van der Waals surface area contributed by atoms with Crippen LogP contribution in [0.2, 0.25) is 0 Å². The summed E-state index contributed by atoms with van der Waals surface area (Å²) in [6.07, 6.45) is -0.106. The number of fused-ring (bicyclic) bond motifs is 1. The summed E-state index contributed by atoms with van der Waals surface area (Å²) in [6.45, 7) is 4.59. The maximum atomic E-state index is 12.3. The summed E-state index contributed by atoms with van der Waals surface area (Å²) < 4.78 is 17.1. The van der Waals surface area contributed by atoms with Gasteiger partial charge in [-0.3, -0.25) is 4.79 Å². The van der Waals surface area contributed by atoms with Crippen LogP contribution in [-0.4, -0.2) is 48.2 Å². The molecule has 1 amide bonds. The largest absolute Gasteiger partial charge is 0.491 e. The summed E-state index contributed by atoms with van der Waals surface area (Å²) in [5.41, 5.74) is 0.524. The van der Waals surface area contributed by atoms with E-state index in [4.69, 9.17) is 14.2 Å². The molecule has 0 atom stereocenters. The number of aromatic carboxylic acids is 1. The molecule has 27 heavy (non-hydrogen) atoms. The molecule has 7 nitrogen and oxygen atoms in total. The molecule has 1 N–H and O–H groups in total. The number of nitrogens with zero attached hydrogens (tertiary/aromatic N) is 1. The number of carbonyl (C=O) groups is 2. The van der Waals surface area contributed by atoms with Crippen LogP contribution in [0.3, 0.4) is 0 Å². The molecule has 0 saturated heterocycles. The molecule has 0 aliphatic carbocycles. The van der Waals surface area contributed by atoms with Gasteiger partial charge in [0, 0.05) is 19.2 Å². The van der Waals surface area contributed by atoms with Crippen LogP contribution in [0.1, 0.15) is 34.6 Å². The highest BCUT2D eigenvalue weighted by Gasteiger charge is 2.21. The van der Waals surface area contributed by atoms with Gasteiger partial charge in [-0.05, 0) is 38.1 Å². The minimum Gasteiger partial charge on any atom is -0.491 e. The molecular formula is C20H21NO6. The molecule has 0 bridgehead atoms. The Bertz CT molecular complexity index is 877. The highest BCUT2D eigenvalue weighted by Crippen LogP contribution is 2.32. The van der Waals surface area contributed by atoms with Crippen LogP contribution in [0, 0.1) is 0 Å². The van der Waals surface area contributed by atoms with E-state index in [-0.39, 0.29) is 17.6 Å². The number of carboxylic acid groups (broad SMARTS) is 1. The molecule has 1 heterocycles. The quantitative estimate of drug-likeness (QED) is 0.867. The zero-order chi connectivity index (χ0) is 19.6. The van der Waals surface area contributed by atoms with Crippen LogP contribution in [0.25, 0.3) is 0 Å². The van der Waals surface area contributed by atoms with Crippen molar-refractivity contribution < 1.29 is 28.9 Å². The van der Waals surface area contributed by atoms with Gasteiger partial charge >= 0.3 is 5.97 Å². The highest BCUT2D eigenvalue weighted by molar-refractivity contribution is 5.97. The van der Waals surface area contributed by atoms with E-state index in [2.05, 4.69) is 0 Å². The Morgan fingerprint density at radius 1 is 1.15 bits per heavy atom. The fraction of sp³-hybridized carbons (Fsp3) is 0.300. The Morgan fingerprint density at radius 2 is 1.89 bits per heavy atom. The summed E-state index contributed by atoms with van der Waals surface area (Å²) >= 11 is 0. The Morgan fingerprint density at radius 3 is 2.59 bits per heavy atom. The number of benzene rings is 2. The molecular weight excluding hydrogens is 350 g/mol. The Labute approximate surface area is 157 Å². The lowest BCUT2D eigenvalue weighted by Gasteiger charge is -2.14. The molecule has 2 aromatic rings. The molecule has 0 fully saturated rings. The second kappa shape index (κ2) is 7.57. The van der Waals surface area contributed by atoms with Gasteiger partial charge in [0.15, 0.2) is 0 Å². The molecule has 2 aromatic carbocycles. The molecule has 1 aliphatic rings. The van der Waals surface area contributed by atoms with Crippen LogP contribution in [0.15, 0.2) is 36.4 Å². The molecule has 0 radical (unpaired) electrons. The van der Waals surface area contributed by atoms with E-state index in [0.717, 1.165) is 0 Å². The summed E-state index contributed by atoms with van der Waals surface area (Å²) in [5, 5.41) is 9.30. The number of carboxylic acids is 1. The molecule has 0 spiro atoms. The number of hydrogen-bond acceptors (Lipinski definition) is 5. The van der Waals surface area contributed by atoms with E-state index in [1.54, 1.807) is 36.2 Å². The number of amides is 1. The summed E-state index contributed by atoms with van der Waals surface area (Å²) in [7, 11) is 1.72. The van der Waals surface area contributed by atoms with Crippen molar-refractivity contribution in [3.63, 3.8) is 0 Å². The second-order valence-corrected chi connectivity index (χ2v) is 6.50. The van der Waals surface area contributed by atoms with Gasteiger partial charge in [0.1, 0.15) is 29.6 Å². The van der Waals surface area contributed by atoms with Crippen LogP contribution >= 0.6 is 0 Å². The van der Waals surface area contributed by atoms with Crippen LogP contribution in [-0.2, 0) is 0 Å². The Hall–Kier alpha value is -3.22. The first-order valence-corrected chi connectivity index (χ1v) is 8.58. The normalized spacial score (nSPS) is 13.6. The lowest BCUT2D eigenvalue weighted by atomic mass is 10.1. The van der Waals surface area contributed by atoms with Crippen molar-refractivity contribution >= 4 is 11.9 Å². The fourth-order valence-electron chi connectivity index (χ4n) is 2.69. The Balaban J connectivity index is 1.91. The molecule has 0 unspecified atom stereocenters. The van der Waals surface area contributed by atoms with Gasteiger partial charge in [0.2, 0.25) is 0 Å². The first kappa shape index (κ1) is 18.6. The standard InChI is InChI=1S/C20H21NO6/c1-12(2)26-15-8-13(20(23)24)9-16(10-15)27-14-4-5-17-18(11-14)25-7-6-21(3)19(17)22/h4-5,8-12H,6-7H2,1-3H3,(H,23,24). The van der Waals surface area contributed by atoms with Gasteiger partial charge in [-0.25, -0.2) is 4.79 Å². The SMILES string of the molecule is CC(C)Oc1cc(Oc2ccc3c(c2)OCCN(C)C3=O)cc(C(=O)O)c1. The van der Waals surface area contributed by atoms with Gasteiger partial charge in [-0.2, -0.15) is 0 Å². The molecule has 0 aromatic heterocycles. The zero-order valence-corrected chi connectivity index (χ0v) is 15.4. The zero-order valence-electron chi connectivity index (χ0n) is 15.4. The van der Waals surface area contributed by atoms with E-state index in [9.17, 15) is 14.7 Å². The van der Waals surface area contributed by atoms with E-state index >= 15 is 0 Å². The lowest BCUT2D eigenvalue weighted by Crippen LogP contribution is -2.27. The lowest BCUT2D eigenvalue weighted by molar-refractivity contribution is 0.0695. The maximum absolute atomic E-state index is 12.3. The topological polar surface area (TPSA) is 85.3 Å². The van der Waals surface area contributed by atoms with Crippen molar-refractivity contribution in [2.45, 2.75) is 20.0 Å². The highest BCUT2D eigenvalue weighted by atomic mass is 16.5. The third kappa shape index (κ3) is 4.31. The average Bonchev–Trinajstić information content (AvgIpc) is 2.73. The van der Waals surface area contributed by atoms with Crippen molar-refractivity contribution in [1.29, 1.82) is 0 Å². The maximum Gasteiger partial charge on any atom is 0.335 e. The monoisotopic (exact) mass is 371 g/mol. The predicted octanol–water partition coefficient (Wildman–Crippen LogP) is 3.43. The van der Waals surface area contributed by atoms with Gasteiger partial charge in [0.25, 0.3) is 5.91 Å². The summed E-state index contributed by atoms with van der Waals surface area (Å²) in [5.74, 6) is 0.409. The molecule has 142 valence electrons. The van der Waals surface area contributed by atoms with Crippen molar-refractivity contribution in [2.24, 2.45) is 0 Å². The van der Waals surface area contributed by atoms with Gasteiger partial charge in [0.05, 0.1) is 23.8 Å². The number of ether oxygens (including phenoxy) is 3. The number of carbonyl (C=O) groups excluding carboxylic acids is 1. The number of rotatable bonds is 5. The van der Waals surface area contributed by atoms with E-state index in [1.165, 1.54) is 12.1 Å². The summed E-state index contributed by atoms with van der Waals surface area (Å²) in [4.78, 5) is 25.3. The third-order valence-corrected chi connectivity index (χ3v) is 3.95.